The third-order valence-corrected chi connectivity index (χ3v) is 4.17. The first-order chi connectivity index (χ1) is 10.3. The number of rotatable bonds is 9. The molecule has 1 aliphatic heterocycles. The topological polar surface area (TPSA) is 41.7 Å². The van der Waals surface area contributed by atoms with Crippen molar-refractivity contribution in [1.82, 2.24) is 4.90 Å². The molecule has 1 aromatic rings. The van der Waals surface area contributed by atoms with Crippen LogP contribution in [-0.4, -0.2) is 51.3 Å². The summed E-state index contributed by atoms with van der Waals surface area (Å²) >= 11 is 0. The molecule has 0 spiro atoms. The van der Waals surface area contributed by atoms with Gasteiger partial charge in [-0.1, -0.05) is 0 Å². The predicted molar refractivity (Wildman–Crippen MR) is 89.2 cm³/mol. The maximum Gasteiger partial charge on any atom is 0.119 e. The molecule has 4 heteroatoms. The Hall–Kier alpha value is -1.26. The molecule has 0 saturated carbocycles. The van der Waals surface area contributed by atoms with E-state index in [1.54, 1.807) is 7.11 Å². The van der Waals surface area contributed by atoms with E-state index in [9.17, 15) is 0 Å². The zero-order valence-corrected chi connectivity index (χ0v) is 13.3. The number of ether oxygens (including phenoxy) is 1. The molecule has 0 unspecified atom stereocenters. The lowest BCUT2D eigenvalue weighted by atomic mass is 10.2. The summed E-state index contributed by atoms with van der Waals surface area (Å²) in [5.41, 5.74) is 6.94. The van der Waals surface area contributed by atoms with E-state index in [2.05, 4.69) is 21.9 Å². The number of benzene rings is 1. The molecule has 0 aromatic heterocycles. The Balaban J connectivity index is 1.85. The van der Waals surface area contributed by atoms with Gasteiger partial charge in [0.2, 0.25) is 0 Å². The molecule has 0 atom stereocenters. The normalized spacial score (nSPS) is 15.3. The van der Waals surface area contributed by atoms with E-state index >= 15 is 0 Å². The van der Waals surface area contributed by atoms with Crippen LogP contribution in [0.4, 0.5) is 5.69 Å². The molecular formula is C17H29N3O. The van der Waals surface area contributed by atoms with Crippen LogP contribution in [0.5, 0.6) is 5.75 Å². The number of nitrogens with zero attached hydrogens (tertiary/aromatic N) is 2. The van der Waals surface area contributed by atoms with Gasteiger partial charge in [0.25, 0.3) is 0 Å². The molecule has 1 fully saturated rings. The molecule has 1 aliphatic rings. The Labute approximate surface area is 128 Å². The van der Waals surface area contributed by atoms with Gasteiger partial charge in [0.15, 0.2) is 0 Å². The highest BCUT2D eigenvalue weighted by atomic mass is 16.5. The van der Waals surface area contributed by atoms with Crippen LogP contribution in [0.25, 0.3) is 0 Å². The van der Waals surface area contributed by atoms with Crippen molar-refractivity contribution >= 4 is 5.69 Å². The van der Waals surface area contributed by atoms with Gasteiger partial charge in [-0.05, 0) is 76.1 Å². The van der Waals surface area contributed by atoms with E-state index in [-0.39, 0.29) is 0 Å². The van der Waals surface area contributed by atoms with Gasteiger partial charge in [0.1, 0.15) is 5.75 Å². The summed E-state index contributed by atoms with van der Waals surface area (Å²) < 4.78 is 5.23. The molecule has 0 bridgehead atoms. The molecule has 1 aromatic carbocycles. The van der Waals surface area contributed by atoms with Crippen LogP contribution in [-0.2, 0) is 0 Å². The first kappa shape index (κ1) is 16.1. The highest BCUT2D eigenvalue weighted by Gasteiger charge is 2.12. The monoisotopic (exact) mass is 291 g/mol. The third kappa shape index (κ3) is 5.21. The zero-order chi connectivity index (χ0) is 14.9. The van der Waals surface area contributed by atoms with Gasteiger partial charge >= 0.3 is 0 Å². The standard InChI is InChI=1S/C17H29N3O/c1-21-17-8-6-16(7-9-17)20(14-4-10-18)15-5-13-19-11-2-3-12-19/h6-9H,2-5,10-15,18H2,1H3. The summed E-state index contributed by atoms with van der Waals surface area (Å²) in [5.74, 6) is 0.912. The maximum atomic E-state index is 5.67. The van der Waals surface area contributed by atoms with Gasteiger partial charge in [-0.3, -0.25) is 0 Å². The lowest BCUT2D eigenvalue weighted by Crippen LogP contribution is -2.30. The summed E-state index contributed by atoms with van der Waals surface area (Å²) in [5, 5.41) is 0. The second kappa shape index (κ2) is 8.90. The van der Waals surface area contributed by atoms with Crippen molar-refractivity contribution in [2.45, 2.75) is 25.7 Å². The molecule has 2 rings (SSSR count). The molecule has 2 N–H and O–H groups in total. The van der Waals surface area contributed by atoms with Crippen molar-refractivity contribution < 1.29 is 4.74 Å². The Morgan fingerprint density at radius 2 is 1.76 bits per heavy atom. The molecule has 0 amide bonds. The Morgan fingerprint density at radius 1 is 1.10 bits per heavy atom. The molecule has 0 radical (unpaired) electrons. The molecule has 1 heterocycles. The molecule has 0 aliphatic carbocycles. The lowest BCUT2D eigenvalue weighted by molar-refractivity contribution is 0.334. The largest absolute Gasteiger partial charge is 0.497 e. The van der Waals surface area contributed by atoms with Gasteiger partial charge in [0.05, 0.1) is 7.11 Å². The smallest absolute Gasteiger partial charge is 0.119 e. The average molecular weight is 291 g/mol. The predicted octanol–water partition coefficient (Wildman–Crippen LogP) is 2.34. The van der Waals surface area contributed by atoms with Crippen molar-refractivity contribution in [1.29, 1.82) is 0 Å². The minimum atomic E-state index is 0.749. The van der Waals surface area contributed by atoms with Crippen LogP contribution in [0.1, 0.15) is 25.7 Å². The van der Waals surface area contributed by atoms with Crippen molar-refractivity contribution in [3.8, 4) is 5.75 Å². The first-order valence-corrected chi connectivity index (χ1v) is 8.15. The number of likely N-dealkylation sites (tertiary alicyclic amines) is 1. The minimum Gasteiger partial charge on any atom is -0.497 e. The summed E-state index contributed by atoms with van der Waals surface area (Å²) in [6, 6.07) is 8.35. The van der Waals surface area contributed by atoms with Crippen LogP contribution >= 0.6 is 0 Å². The van der Waals surface area contributed by atoms with Gasteiger partial charge in [-0.2, -0.15) is 0 Å². The van der Waals surface area contributed by atoms with Gasteiger partial charge in [-0.15, -0.1) is 0 Å². The van der Waals surface area contributed by atoms with E-state index in [1.165, 1.54) is 44.6 Å². The summed E-state index contributed by atoms with van der Waals surface area (Å²) in [7, 11) is 1.71. The summed E-state index contributed by atoms with van der Waals surface area (Å²) in [4.78, 5) is 5.03. The number of anilines is 1. The number of hydrogen-bond acceptors (Lipinski definition) is 4. The Bertz CT molecular complexity index is 388. The average Bonchev–Trinajstić information content (AvgIpc) is 3.04. The van der Waals surface area contributed by atoms with Gasteiger partial charge in [0, 0.05) is 18.8 Å². The third-order valence-electron chi connectivity index (χ3n) is 4.17. The second-order valence-corrected chi connectivity index (χ2v) is 5.73. The highest BCUT2D eigenvalue weighted by Crippen LogP contribution is 2.20. The molecule has 21 heavy (non-hydrogen) atoms. The fraction of sp³-hybridized carbons (Fsp3) is 0.647. The maximum absolute atomic E-state index is 5.67. The summed E-state index contributed by atoms with van der Waals surface area (Å²) in [6.07, 6.45) is 5.00. The van der Waals surface area contributed by atoms with Crippen LogP contribution in [0.15, 0.2) is 24.3 Å². The first-order valence-electron chi connectivity index (χ1n) is 8.15. The number of nitrogens with two attached hydrogens (primary N) is 1. The zero-order valence-electron chi connectivity index (χ0n) is 13.3. The van der Waals surface area contributed by atoms with E-state index in [1.807, 2.05) is 12.1 Å². The van der Waals surface area contributed by atoms with Gasteiger partial charge in [-0.25, -0.2) is 0 Å². The quantitative estimate of drug-likeness (QED) is 0.758. The van der Waals surface area contributed by atoms with E-state index in [0.717, 1.165) is 31.8 Å². The van der Waals surface area contributed by atoms with E-state index < -0.39 is 0 Å². The highest BCUT2D eigenvalue weighted by molar-refractivity contribution is 5.49. The van der Waals surface area contributed by atoms with Crippen molar-refractivity contribution in [2.24, 2.45) is 5.73 Å². The second-order valence-electron chi connectivity index (χ2n) is 5.73. The number of methoxy groups -OCH3 is 1. The van der Waals surface area contributed by atoms with Crippen LogP contribution in [0.2, 0.25) is 0 Å². The van der Waals surface area contributed by atoms with Crippen molar-refractivity contribution in [2.75, 3.05) is 51.3 Å². The number of hydrogen-bond donors (Lipinski definition) is 1. The van der Waals surface area contributed by atoms with E-state index in [4.69, 9.17) is 10.5 Å². The van der Waals surface area contributed by atoms with Crippen molar-refractivity contribution in [3.63, 3.8) is 0 Å². The molecule has 1 saturated heterocycles. The van der Waals surface area contributed by atoms with Crippen LogP contribution < -0.4 is 15.4 Å². The van der Waals surface area contributed by atoms with Crippen molar-refractivity contribution in [3.05, 3.63) is 24.3 Å². The Morgan fingerprint density at radius 3 is 2.38 bits per heavy atom. The summed E-state index contributed by atoms with van der Waals surface area (Å²) in [6.45, 7) is 6.66. The minimum absolute atomic E-state index is 0.749. The SMILES string of the molecule is COc1ccc(N(CCCN)CCCN2CCCC2)cc1. The fourth-order valence-electron chi connectivity index (χ4n) is 2.94. The molecular weight excluding hydrogens is 262 g/mol. The Kier molecular flexibility index (Phi) is 6.83. The molecule has 4 nitrogen and oxygen atoms in total. The lowest BCUT2D eigenvalue weighted by Gasteiger charge is -2.26. The van der Waals surface area contributed by atoms with E-state index in [0.29, 0.717) is 0 Å². The molecule has 118 valence electrons. The van der Waals surface area contributed by atoms with Crippen LogP contribution in [0, 0.1) is 0 Å². The fourth-order valence-corrected chi connectivity index (χ4v) is 2.94. The van der Waals surface area contributed by atoms with Gasteiger partial charge < -0.3 is 20.3 Å². The van der Waals surface area contributed by atoms with Crippen LogP contribution in [0.3, 0.4) is 0 Å².